The van der Waals surface area contributed by atoms with Crippen LogP contribution in [0, 0.1) is 12.3 Å². The van der Waals surface area contributed by atoms with E-state index in [1.165, 1.54) is 24.0 Å². The van der Waals surface area contributed by atoms with Crippen molar-refractivity contribution in [3.05, 3.63) is 29.3 Å². The molecule has 2 atom stereocenters. The number of hydrogen-bond acceptors (Lipinski definition) is 2. The Labute approximate surface area is 103 Å². The Morgan fingerprint density at radius 2 is 1.94 bits per heavy atom. The van der Waals surface area contributed by atoms with Crippen LogP contribution in [0.3, 0.4) is 0 Å². The van der Waals surface area contributed by atoms with Crippen LogP contribution in [0.15, 0.2) is 18.2 Å². The minimum absolute atomic E-state index is 0.626. The third-order valence-corrected chi connectivity index (χ3v) is 4.13. The van der Waals surface area contributed by atoms with Crippen molar-refractivity contribution in [2.75, 3.05) is 25.4 Å². The van der Waals surface area contributed by atoms with Crippen LogP contribution in [-0.4, -0.2) is 24.5 Å². The van der Waals surface area contributed by atoms with Crippen LogP contribution in [0.1, 0.15) is 35.8 Å². The van der Waals surface area contributed by atoms with E-state index >= 15 is 0 Å². The average Bonchev–Trinajstić information content (AvgIpc) is 2.59. The van der Waals surface area contributed by atoms with Crippen LogP contribution < -0.4 is 5.73 Å². The Morgan fingerprint density at radius 1 is 1.24 bits per heavy atom. The lowest BCUT2D eigenvalue weighted by atomic mass is 9.78. The standard InChI is InChI=1S/C15H18N2/c1-2-7-17-9-11-3-4-12(10-17)15-8-13(16)5-6-14(11)15/h1,5-6,8,11-12H,3-4,7,9-10,16H2. The van der Waals surface area contributed by atoms with E-state index in [0.29, 0.717) is 11.8 Å². The number of anilines is 1. The van der Waals surface area contributed by atoms with E-state index in [4.69, 9.17) is 12.2 Å². The summed E-state index contributed by atoms with van der Waals surface area (Å²) in [5.74, 6) is 4.05. The van der Waals surface area contributed by atoms with Crippen LogP contribution in [0.4, 0.5) is 5.69 Å². The Hall–Kier alpha value is -1.46. The van der Waals surface area contributed by atoms with Crippen molar-refractivity contribution < 1.29 is 0 Å². The lowest BCUT2D eigenvalue weighted by molar-refractivity contribution is 0.304. The molecule has 2 unspecified atom stereocenters. The Morgan fingerprint density at radius 3 is 2.65 bits per heavy atom. The summed E-state index contributed by atoms with van der Waals surface area (Å²) in [6, 6.07) is 6.43. The van der Waals surface area contributed by atoms with Gasteiger partial charge in [-0.25, -0.2) is 0 Å². The van der Waals surface area contributed by atoms with Crippen LogP contribution in [0.5, 0.6) is 0 Å². The zero-order valence-electron chi connectivity index (χ0n) is 10.0. The first-order valence-corrected chi connectivity index (χ1v) is 6.33. The van der Waals surface area contributed by atoms with Crippen molar-refractivity contribution in [2.45, 2.75) is 24.7 Å². The van der Waals surface area contributed by atoms with Gasteiger partial charge in [0.25, 0.3) is 0 Å². The summed E-state index contributed by atoms with van der Waals surface area (Å²) in [7, 11) is 0. The molecule has 1 aliphatic carbocycles. The summed E-state index contributed by atoms with van der Waals surface area (Å²) in [6.07, 6.45) is 8.01. The Bertz CT molecular complexity index is 472. The second kappa shape index (κ2) is 4.09. The molecule has 2 N–H and O–H groups in total. The van der Waals surface area contributed by atoms with Gasteiger partial charge in [-0.1, -0.05) is 12.0 Å². The van der Waals surface area contributed by atoms with Gasteiger partial charge in [0.1, 0.15) is 0 Å². The fraction of sp³-hybridized carbons (Fsp3) is 0.467. The van der Waals surface area contributed by atoms with Gasteiger partial charge >= 0.3 is 0 Å². The molecule has 1 aromatic rings. The number of terminal acetylenes is 1. The molecule has 2 bridgehead atoms. The molecule has 2 aliphatic heterocycles. The number of nitrogens with two attached hydrogens (primary N) is 1. The Kier molecular flexibility index (Phi) is 2.57. The molecule has 2 heteroatoms. The minimum atomic E-state index is 0.626. The van der Waals surface area contributed by atoms with Crippen molar-refractivity contribution in [2.24, 2.45) is 0 Å². The van der Waals surface area contributed by atoms with Crippen LogP contribution in [0.2, 0.25) is 0 Å². The van der Waals surface area contributed by atoms with Crippen molar-refractivity contribution >= 4 is 5.69 Å². The normalized spacial score (nSPS) is 27.2. The molecule has 0 saturated carbocycles. The molecule has 17 heavy (non-hydrogen) atoms. The third-order valence-electron chi connectivity index (χ3n) is 4.13. The molecule has 2 nitrogen and oxygen atoms in total. The lowest BCUT2D eigenvalue weighted by Gasteiger charge is -2.26. The molecule has 4 rings (SSSR count). The minimum Gasteiger partial charge on any atom is -0.399 e. The summed E-state index contributed by atoms with van der Waals surface area (Å²) in [5, 5.41) is 0. The van der Waals surface area contributed by atoms with Gasteiger partial charge in [0, 0.05) is 18.8 Å². The monoisotopic (exact) mass is 226 g/mol. The highest BCUT2D eigenvalue weighted by Gasteiger charge is 2.33. The van der Waals surface area contributed by atoms with Crippen molar-refractivity contribution in [3.8, 4) is 12.3 Å². The van der Waals surface area contributed by atoms with E-state index in [2.05, 4.69) is 23.0 Å². The summed E-state index contributed by atoms with van der Waals surface area (Å²) in [4.78, 5) is 2.42. The topological polar surface area (TPSA) is 29.3 Å². The molecular weight excluding hydrogens is 208 g/mol. The van der Waals surface area contributed by atoms with Crippen molar-refractivity contribution in [1.29, 1.82) is 0 Å². The number of hydrogen-bond donors (Lipinski definition) is 1. The fourth-order valence-corrected chi connectivity index (χ4v) is 3.37. The number of nitrogen functional groups attached to an aromatic ring is 1. The zero-order chi connectivity index (χ0) is 11.8. The summed E-state index contributed by atoms with van der Waals surface area (Å²) < 4.78 is 0. The van der Waals surface area contributed by atoms with Crippen molar-refractivity contribution in [1.82, 2.24) is 4.90 Å². The van der Waals surface area contributed by atoms with E-state index in [1.807, 2.05) is 6.07 Å². The van der Waals surface area contributed by atoms with Gasteiger partial charge in [-0.2, -0.15) is 0 Å². The summed E-state index contributed by atoms with van der Waals surface area (Å²) in [5.41, 5.74) is 9.78. The maximum absolute atomic E-state index is 5.91. The highest BCUT2D eigenvalue weighted by Crippen LogP contribution is 2.43. The zero-order valence-corrected chi connectivity index (χ0v) is 10.0. The van der Waals surface area contributed by atoms with E-state index in [-0.39, 0.29) is 0 Å². The first-order chi connectivity index (χ1) is 8.28. The molecule has 0 radical (unpaired) electrons. The smallest absolute Gasteiger partial charge is 0.0599 e. The van der Waals surface area contributed by atoms with Gasteiger partial charge in [0.15, 0.2) is 0 Å². The van der Waals surface area contributed by atoms with E-state index in [9.17, 15) is 0 Å². The molecule has 0 spiro atoms. The molecule has 88 valence electrons. The predicted molar refractivity (Wildman–Crippen MR) is 70.8 cm³/mol. The molecule has 0 amide bonds. The van der Waals surface area contributed by atoms with Crippen LogP contribution in [-0.2, 0) is 0 Å². The molecule has 0 aromatic heterocycles. The largest absolute Gasteiger partial charge is 0.399 e. The van der Waals surface area contributed by atoms with Gasteiger partial charge in [-0.05, 0) is 47.9 Å². The van der Waals surface area contributed by atoms with E-state index in [1.54, 1.807) is 0 Å². The summed E-state index contributed by atoms with van der Waals surface area (Å²) >= 11 is 0. The van der Waals surface area contributed by atoms with Crippen LogP contribution >= 0.6 is 0 Å². The van der Waals surface area contributed by atoms with Gasteiger partial charge in [0.2, 0.25) is 0 Å². The second-order valence-electron chi connectivity index (χ2n) is 5.26. The number of benzene rings is 1. The maximum Gasteiger partial charge on any atom is 0.0599 e. The number of nitrogens with zero attached hydrogens (tertiary/aromatic N) is 1. The van der Waals surface area contributed by atoms with E-state index < -0.39 is 0 Å². The third kappa shape index (κ3) is 1.81. The van der Waals surface area contributed by atoms with Crippen molar-refractivity contribution in [3.63, 3.8) is 0 Å². The SMILES string of the molecule is C#CCN1CC2CCC(C1)c1cc(N)ccc12. The lowest BCUT2D eigenvalue weighted by Crippen LogP contribution is -2.27. The number of rotatable bonds is 1. The molecule has 1 fully saturated rings. The fourth-order valence-electron chi connectivity index (χ4n) is 3.37. The highest BCUT2D eigenvalue weighted by atomic mass is 15.1. The second-order valence-corrected chi connectivity index (χ2v) is 5.26. The first-order valence-electron chi connectivity index (χ1n) is 6.33. The molecule has 1 saturated heterocycles. The first kappa shape index (κ1) is 10.7. The van der Waals surface area contributed by atoms with Gasteiger partial charge in [-0.3, -0.25) is 4.90 Å². The maximum atomic E-state index is 5.91. The molecule has 2 heterocycles. The molecule has 1 aromatic carbocycles. The molecule has 3 aliphatic rings. The average molecular weight is 226 g/mol. The molecular formula is C15H18N2. The van der Waals surface area contributed by atoms with Gasteiger partial charge in [0.05, 0.1) is 6.54 Å². The summed E-state index contributed by atoms with van der Waals surface area (Å²) in [6.45, 7) is 2.98. The van der Waals surface area contributed by atoms with Gasteiger partial charge in [-0.15, -0.1) is 6.42 Å². The van der Waals surface area contributed by atoms with Crippen LogP contribution in [0.25, 0.3) is 0 Å². The quantitative estimate of drug-likeness (QED) is 0.587. The predicted octanol–water partition coefficient (Wildman–Crippen LogP) is 2.18. The number of fused-ring (bicyclic) bond motifs is 3. The van der Waals surface area contributed by atoms with E-state index in [0.717, 1.165) is 25.3 Å². The van der Waals surface area contributed by atoms with Gasteiger partial charge < -0.3 is 5.73 Å². The highest BCUT2D eigenvalue weighted by molar-refractivity contribution is 5.49. The Balaban J connectivity index is 1.99.